The fraction of sp³-hybridized carbons (Fsp3) is 0.278. The zero-order valence-corrected chi connectivity index (χ0v) is 13.5. The van der Waals surface area contributed by atoms with Crippen molar-refractivity contribution in [3.8, 4) is 5.75 Å². The van der Waals surface area contributed by atoms with Crippen LogP contribution in [-0.2, 0) is 0 Å². The Labute approximate surface area is 130 Å². The third kappa shape index (κ3) is 3.64. The monoisotopic (exact) mass is 302 g/mol. The second kappa shape index (κ2) is 6.31. The summed E-state index contributed by atoms with van der Waals surface area (Å²) in [6, 6.07) is 9.36. The lowest BCUT2D eigenvalue weighted by Crippen LogP contribution is -2.13. The Morgan fingerprint density at radius 2 is 1.62 bits per heavy atom. The van der Waals surface area contributed by atoms with Gasteiger partial charge in [0.25, 0.3) is 0 Å². The molecule has 0 unspecified atom stereocenters. The third-order valence-corrected chi connectivity index (χ3v) is 4.06. The Bertz CT molecular complexity index is 690. The van der Waals surface area contributed by atoms with Crippen LogP contribution in [0.2, 0.25) is 5.02 Å². The summed E-state index contributed by atoms with van der Waals surface area (Å²) >= 11 is 5.97. The zero-order chi connectivity index (χ0) is 15.6. The van der Waals surface area contributed by atoms with Gasteiger partial charge < -0.3 is 4.74 Å². The minimum Gasteiger partial charge on any atom is -0.485 e. The van der Waals surface area contributed by atoms with E-state index in [1.54, 1.807) is 12.1 Å². The molecule has 0 N–H and O–H groups in total. The molecule has 0 saturated heterocycles. The number of aryl methyl sites for hydroxylation is 4. The molecule has 2 rings (SSSR count). The van der Waals surface area contributed by atoms with Crippen LogP contribution in [0.5, 0.6) is 5.75 Å². The topological polar surface area (TPSA) is 26.3 Å². The largest absolute Gasteiger partial charge is 0.485 e. The number of hydrogen-bond donors (Lipinski definition) is 0. The lowest BCUT2D eigenvalue weighted by Gasteiger charge is -2.11. The van der Waals surface area contributed by atoms with Crippen LogP contribution in [0.3, 0.4) is 0 Å². The van der Waals surface area contributed by atoms with Crippen LogP contribution in [0.4, 0.5) is 0 Å². The molecule has 0 atom stereocenters. The zero-order valence-electron chi connectivity index (χ0n) is 12.8. The van der Waals surface area contributed by atoms with Gasteiger partial charge in [0.2, 0.25) is 0 Å². The van der Waals surface area contributed by atoms with Gasteiger partial charge in [-0.3, -0.25) is 4.79 Å². The Morgan fingerprint density at radius 3 is 2.29 bits per heavy atom. The predicted octanol–water partition coefficient (Wildman–Crippen LogP) is 4.84. The molecule has 0 saturated carbocycles. The van der Waals surface area contributed by atoms with Crippen LogP contribution in [0.1, 0.15) is 32.6 Å². The van der Waals surface area contributed by atoms with Crippen LogP contribution in [0.15, 0.2) is 30.3 Å². The van der Waals surface area contributed by atoms with Gasteiger partial charge in [0.1, 0.15) is 5.75 Å². The van der Waals surface area contributed by atoms with Gasteiger partial charge in [-0.1, -0.05) is 17.7 Å². The molecule has 0 spiro atoms. The Balaban J connectivity index is 2.11. The fourth-order valence-electron chi connectivity index (χ4n) is 2.19. The van der Waals surface area contributed by atoms with Crippen molar-refractivity contribution in [2.75, 3.05) is 6.61 Å². The minimum absolute atomic E-state index is 0.0109. The van der Waals surface area contributed by atoms with Gasteiger partial charge in [-0.25, -0.2) is 0 Å². The van der Waals surface area contributed by atoms with Crippen LogP contribution in [0, 0.1) is 27.7 Å². The number of ketones is 1. The van der Waals surface area contributed by atoms with E-state index >= 15 is 0 Å². The second-order valence-corrected chi connectivity index (χ2v) is 5.78. The Kier molecular flexibility index (Phi) is 4.69. The van der Waals surface area contributed by atoms with E-state index in [9.17, 15) is 4.79 Å². The quantitative estimate of drug-likeness (QED) is 0.756. The van der Waals surface area contributed by atoms with Gasteiger partial charge in [-0.05, 0) is 74.2 Å². The molecule has 2 aromatic carbocycles. The summed E-state index contributed by atoms with van der Waals surface area (Å²) in [4.78, 5) is 12.3. The number of benzene rings is 2. The molecule has 0 heterocycles. The van der Waals surface area contributed by atoms with Crippen LogP contribution < -0.4 is 4.74 Å². The molecule has 0 aliphatic carbocycles. The van der Waals surface area contributed by atoms with Gasteiger partial charge in [-0.2, -0.15) is 0 Å². The van der Waals surface area contributed by atoms with Crippen molar-refractivity contribution in [2.45, 2.75) is 27.7 Å². The SMILES string of the molecule is Cc1cc(C)c(C(=O)COc2ccc(Cl)c(C)c2)cc1C. The second-order valence-electron chi connectivity index (χ2n) is 5.37. The van der Waals surface area contributed by atoms with Crippen LogP contribution in [-0.4, -0.2) is 12.4 Å². The van der Waals surface area contributed by atoms with Gasteiger partial charge in [0.15, 0.2) is 12.4 Å². The minimum atomic E-state index is -0.0109. The number of Topliss-reactive ketones (excluding diaryl/α,β-unsaturated/α-hetero) is 1. The number of carbonyl (C=O) groups is 1. The maximum Gasteiger partial charge on any atom is 0.200 e. The molecule has 0 amide bonds. The Morgan fingerprint density at radius 1 is 0.952 bits per heavy atom. The average Bonchev–Trinajstić information content (AvgIpc) is 2.44. The first-order valence-electron chi connectivity index (χ1n) is 6.88. The van der Waals surface area contributed by atoms with E-state index in [0.29, 0.717) is 10.8 Å². The number of halogens is 1. The summed E-state index contributed by atoms with van der Waals surface area (Å²) in [6.07, 6.45) is 0. The van der Waals surface area contributed by atoms with Crippen molar-refractivity contribution in [3.63, 3.8) is 0 Å². The van der Waals surface area contributed by atoms with E-state index < -0.39 is 0 Å². The molecule has 0 aliphatic rings. The highest BCUT2D eigenvalue weighted by molar-refractivity contribution is 6.31. The van der Waals surface area contributed by atoms with E-state index in [4.69, 9.17) is 16.3 Å². The molecule has 21 heavy (non-hydrogen) atoms. The first kappa shape index (κ1) is 15.6. The van der Waals surface area contributed by atoms with E-state index in [0.717, 1.165) is 22.3 Å². The molecule has 0 fully saturated rings. The number of carbonyl (C=O) groups excluding carboxylic acids is 1. The summed E-state index contributed by atoms with van der Waals surface area (Å²) in [6.45, 7) is 7.94. The highest BCUT2D eigenvalue weighted by Crippen LogP contribution is 2.22. The van der Waals surface area contributed by atoms with Gasteiger partial charge in [0, 0.05) is 10.6 Å². The highest BCUT2D eigenvalue weighted by Gasteiger charge is 2.12. The average molecular weight is 303 g/mol. The summed E-state index contributed by atoms with van der Waals surface area (Å²) in [7, 11) is 0. The predicted molar refractivity (Wildman–Crippen MR) is 86.7 cm³/mol. The number of ether oxygens (including phenoxy) is 1. The molecule has 0 aliphatic heterocycles. The van der Waals surface area contributed by atoms with Gasteiger partial charge in [0.05, 0.1) is 0 Å². The maximum absolute atomic E-state index is 12.3. The smallest absolute Gasteiger partial charge is 0.200 e. The molecule has 0 radical (unpaired) electrons. The van der Waals surface area contributed by atoms with Crippen molar-refractivity contribution in [1.82, 2.24) is 0 Å². The molecule has 0 aromatic heterocycles. The summed E-state index contributed by atoms with van der Waals surface area (Å²) in [5.41, 5.74) is 4.95. The number of hydrogen-bond acceptors (Lipinski definition) is 2. The third-order valence-electron chi connectivity index (χ3n) is 3.64. The first-order valence-corrected chi connectivity index (χ1v) is 7.26. The van der Waals surface area contributed by atoms with Crippen molar-refractivity contribution in [1.29, 1.82) is 0 Å². The van der Waals surface area contributed by atoms with E-state index in [2.05, 4.69) is 0 Å². The first-order chi connectivity index (χ1) is 9.88. The standard InChI is InChI=1S/C18H19ClO2/c1-11-7-13(3)16(9-12(11)2)18(20)10-21-15-5-6-17(19)14(4)8-15/h5-9H,10H2,1-4H3. The van der Waals surface area contributed by atoms with Crippen molar-refractivity contribution in [2.24, 2.45) is 0 Å². The molecule has 3 heteroatoms. The van der Waals surface area contributed by atoms with E-state index in [1.807, 2.05) is 45.9 Å². The summed E-state index contributed by atoms with van der Waals surface area (Å²) < 4.78 is 5.57. The molecule has 110 valence electrons. The normalized spacial score (nSPS) is 10.5. The molecule has 0 bridgehead atoms. The summed E-state index contributed by atoms with van der Waals surface area (Å²) in [5, 5.41) is 0.693. The van der Waals surface area contributed by atoms with Crippen LogP contribution in [0.25, 0.3) is 0 Å². The molecule has 2 nitrogen and oxygen atoms in total. The van der Waals surface area contributed by atoms with Crippen molar-refractivity contribution in [3.05, 3.63) is 63.2 Å². The lowest BCUT2D eigenvalue weighted by molar-refractivity contribution is 0.0921. The van der Waals surface area contributed by atoms with Crippen LogP contribution >= 0.6 is 11.6 Å². The summed E-state index contributed by atoms with van der Waals surface area (Å²) in [5.74, 6) is 0.648. The molecular formula is C18H19ClO2. The number of rotatable bonds is 4. The van der Waals surface area contributed by atoms with Gasteiger partial charge in [-0.15, -0.1) is 0 Å². The molecular weight excluding hydrogens is 284 g/mol. The van der Waals surface area contributed by atoms with Gasteiger partial charge >= 0.3 is 0 Å². The van der Waals surface area contributed by atoms with E-state index in [1.165, 1.54) is 5.56 Å². The van der Waals surface area contributed by atoms with Crippen molar-refractivity contribution >= 4 is 17.4 Å². The fourth-order valence-corrected chi connectivity index (χ4v) is 2.31. The Hall–Kier alpha value is -1.80. The molecule has 2 aromatic rings. The highest BCUT2D eigenvalue weighted by atomic mass is 35.5. The lowest BCUT2D eigenvalue weighted by atomic mass is 9.98. The maximum atomic E-state index is 12.3. The van der Waals surface area contributed by atoms with E-state index in [-0.39, 0.29) is 12.4 Å². The van der Waals surface area contributed by atoms with Crippen molar-refractivity contribution < 1.29 is 9.53 Å².